The van der Waals surface area contributed by atoms with Crippen LogP contribution in [-0.2, 0) is 0 Å². The van der Waals surface area contributed by atoms with Gasteiger partial charge in [-0.25, -0.2) is 9.78 Å². The molecule has 2 aromatic rings. The number of nitrogens with one attached hydrogen (secondary N) is 2. The fraction of sp³-hybridized carbons (Fsp3) is 0.375. The van der Waals surface area contributed by atoms with Crippen LogP contribution in [0.1, 0.15) is 17.8 Å². The predicted molar refractivity (Wildman–Crippen MR) is 93.2 cm³/mol. The molecule has 0 saturated carbocycles. The van der Waals surface area contributed by atoms with Gasteiger partial charge in [0.2, 0.25) is 5.88 Å². The van der Waals surface area contributed by atoms with Crippen molar-refractivity contribution < 1.29 is 9.53 Å². The van der Waals surface area contributed by atoms with Gasteiger partial charge in [-0.3, -0.25) is 0 Å². The van der Waals surface area contributed by atoms with Crippen molar-refractivity contribution in [1.29, 1.82) is 0 Å². The molecular weight excluding hydrogens is 312 g/mol. The van der Waals surface area contributed by atoms with Crippen LogP contribution in [0.5, 0.6) is 5.88 Å². The van der Waals surface area contributed by atoms with E-state index in [0.29, 0.717) is 24.7 Å². The van der Waals surface area contributed by atoms with E-state index in [-0.39, 0.29) is 12.1 Å². The number of hydrogen-bond acceptors (Lipinski definition) is 5. The fourth-order valence-corrected chi connectivity index (χ4v) is 3.03. The number of ether oxygens (including phenoxy) is 1. The molecular formula is C16H22N4O2S. The van der Waals surface area contributed by atoms with E-state index < -0.39 is 0 Å². The summed E-state index contributed by atoms with van der Waals surface area (Å²) in [6.07, 6.45) is 1.63. The van der Waals surface area contributed by atoms with Gasteiger partial charge in [0, 0.05) is 17.6 Å². The number of nitrogens with zero attached hydrogens (tertiary/aromatic N) is 2. The Kier molecular flexibility index (Phi) is 6.37. The molecule has 0 aliphatic carbocycles. The van der Waals surface area contributed by atoms with E-state index in [1.165, 1.54) is 4.88 Å². The molecule has 1 atom stereocenters. The molecule has 2 amide bonds. The highest BCUT2D eigenvalue weighted by atomic mass is 32.1. The Morgan fingerprint density at radius 3 is 2.87 bits per heavy atom. The van der Waals surface area contributed by atoms with Crippen LogP contribution in [0.2, 0.25) is 0 Å². The topological polar surface area (TPSA) is 66.5 Å². The SMILES string of the molecule is CCOc1ncccc1NC(=O)NCC(c1cccs1)N(C)C. The number of likely N-dealkylation sites (N-methyl/N-ethyl adjacent to an activating group) is 1. The second kappa shape index (κ2) is 8.50. The maximum atomic E-state index is 12.1. The van der Waals surface area contributed by atoms with Crippen LogP contribution >= 0.6 is 11.3 Å². The zero-order valence-corrected chi connectivity index (χ0v) is 14.4. The van der Waals surface area contributed by atoms with Crippen molar-refractivity contribution in [2.75, 3.05) is 32.6 Å². The number of pyridine rings is 1. The predicted octanol–water partition coefficient (Wildman–Crippen LogP) is 2.97. The second-order valence-corrected chi connectivity index (χ2v) is 6.10. The third-order valence-electron chi connectivity index (χ3n) is 3.25. The van der Waals surface area contributed by atoms with Crippen LogP contribution in [0.15, 0.2) is 35.8 Å². The number of hydrogen-bond donors (Lipinski definition) is 2. The normalized spacial score (nSPS) is 12.0. The summed E-state index contributed by atoms with van der Waals surface area (Å²) in [6, 6.07) is 7.47. The maximum absolute atomic E-state index is 12.1. The third-order valence-corrected chi connectivity index (χ3v) is 4.22. The van der Waals surface area contributed by atoms with Crippen LogP contribution in [0.3, 0.4) is 0 Å². The van der Waals surface area contributed by atoms with Crippen LogP contribution in [-0.4, -0.2) is 43.2 Å². The Balaban J connectivity index is 1.94. The number of amides is 2. The molecule has 0 spiro atoms. The average Bonchev–Trinajstić information content (AvgIpc) is 3.03. The second-order valence-electron chi connectivity index (χ2n) is 5.12. The van der Waals surface area contributed by atoms with Gasteiger partial charge in [-0.05, 0) is 44.6 Å². The number of anilines is 1. The number of rotatable bonds is 7. The van der Waals surface area contributed by atoms with E-state index in [0.717, 1.165) is 0 Å². The van der Waals surface area contributed by atoms with E-state index in [4.69, 9.17) is 4.74 Å². The summed E-state index contributed by atoms with van der Waals surface area (Å²) in [5.41, 5.74) is 0.560. The van der Waals surface area contributed by atoms with E-state index in [2.05, 4.69) is 26.6 Å². The largest absolute Gasteiger partial charge is 0.476 e. The first-order valence-electron chi connectivity index (χ1n) is 7.44. The molecule has 1 unspecified atom stereocenters. The number of thiophene rings is 1. The van der Waals surface area contributed by atoms with Crippen molar-refractivity contribution in [2.24, 2.45) is 0 Å². The van der Waals surface area contributed by atoms with E-state index in [9.17, 15) is 4.79 Å². The van der Waals surface area contributed by atoms with Gasteiger partial charge in [-0.1, -0.05) is 6.07 Å². The van der Waals surface area contributed by atoms with Gasteiger partial charge in [0.25, 0.3) is 0 Å². The lowest BCUT2D eigenvalue weighted by Gasteiger charge is -2.23. The summed E-state index contributed by atoms with van der Waals surface area (Å²) in [5, 5.41) is 7.72. The third kappa shape index (κ3) is 4.94. The monoisotopic (exact) mass is 334 g/mol. The van der Waals surface area contributed by atoms with Gasteiger partial charge >= 0.3 is 6.03 Å². The molecule has 2 rings (SSSR count). The molecule has 2 aromatic heterocycles. The Hall–Kier alpha value is -2.12. The smallest absolute Gasteiger partial charge is 0.319 e. The summed E-state index contributed by atoms with van der Waals surface area (Å²) in [4.78, 5) is 19.6. The molecule has 124 valence electrons. The van der Waals surface area contributed by atoms with Crippen molar-refractivity contribution in [2.45, 2.75) is 13.0 Å². The standard InChI is InChI=1S/C16H22N4O2S/c1-4-22-15-12(7-5-9-17-15)19-16(21)18-11-13(20(2)3)14-8-6-10-23-14/h5-10,13H,4,11H2,1-3H3,(H2,18,19,21). The Labute approximate surface area is 140 Å². The van der Waals surface area contributed by atoms with Crippen molar-refractivity contribution in [1.82, 2.24) is 15.2 Å². The van der Waals surface area contributed by atoms with E-state index >= 15 is 0 Å². The number of carbonyl (C=O) groups is 1. The minimum Gasteiger partial charge on any atom is -0.476 e. The first-order chi connectivity index (χ1) is 11.1. The molecule has 23 heavy (non-hydrogen) atoms. The number of carbonyl (C=O) groups excluding carboxylic acids is 1. The Morgan fingerprint density at radius 2 is 2.22 bits per heavy atom. The van der Waals surface area contributed by atoms with Gasteiger partial charge < -0.3 is 20.3 Å². The van der Waals surface area contributed by atoms with Gasteiger partial charge in [0.15, 0.2) is 0 Å². The van der Waals surface area contributed by atoms with Gasteiger partial charge in [0.05, 0.1) is 12.6 Å². The number of urea groups is 1. The number of aromatic nitrogens is 1. The highest BCUT2D eigenvalue weighted by Crippen LogP contribution is 2.23. The lowest BCUT2D eigenvalue weighted by molar-refractivity contribution is 0.243. The first kappa shape index (κ1) is 17.2. The molecule has 0 fully saturated rings. The molecule has 0 aliphatic rings. The molecule has 0 bridgehead atoms. The molecule has 0 radical (unpaired) electrons. The molecule has 0 aliphatic heterocycles. The molecule has 2 heterocycles. The zero-order chi connectivity index (χ0) is 16.7. The van der Waals surface area contributed by atoms with E-state index in [1.54, 1.807) is 29.7 Å². The zero-order valence-electron chi connectivity index (χ0n) is 13.6. The minimum absolute atomic E-state index is 0.140. The molecule has 6 nitrogen and oxygen atoms in total. The molecule has 0 aromatic carbocycles. The first-order valence-corrected chi connectivity index (χ1v) is 8.32. The van der Waals surface area contributed by atoms with Crippen molar-refractivity contribution >= 4 is 23.1 Å². The van der Waals surface area contributed by atoms with E-state index in [1.807, 2.05) is 32.5 Å². The lowest BCUT2D eigenvalue weighted by Crippen LogP contribution is -2.36. The fourth-order valence-electron chi connectivity index (χ4n) is 2.11. The maximum Gasteiger partial charge on any atom is 0.319 e. The highest BCUT2D eigenvalue weighted by molar-refractivity contribution is 7.10. The van der Waals surface area contributed by atoms with Crippen LogP contribution in [0.25, 0.3) is 0 Å². The lowest BCUT2D eigenvalue weighted by atomic mass is 10.2. The molecule has 0 saturated heterocycles. The van der Waals surface area contributed by atoms with Crippen LogP contribution < -0.4 is 15.4 Å². The Bertz CT molecular complexity index is 616. The summed E-state index contributed by atoms with van der Waals surface area (Å²) < 4.78 is 5.40. The van der Waals surface area contributed by atoms with Crippen LogP contribution in [0, 0.1) is 0 Å². The van der Waals surface area contributed by atoms with Gasteiger partial charge in [-0.15, -0.1) is 11.3 Å². The average molecular weight is 334 g/mol. The van der Waals surface area contributed by atoms with Gasteiger partial charge in [-0.2, -0.15) is 0 Å². The quantitative estimate of drug-likeness (QED) is 0.817. The van der Waals surface area contributed by atoms with Crippen molar-refractivity contribution in [3.05, 3.63) is 40.7 Å². The molecule has 7 heteroatoms. The molecule has 2 N–H and O–H groups in total. The van der Waals surface area contributed by atoms with Crippen molar-refractivity contribution in [3.63, 3.8) is 0 Å². The summed E-state index contributed by atoms with van der Waals surface area (Å²) in [7, 11) is 4.00. The van der Waals surface area contributed by atoms with Crippen LogP contribution in [0.4, 0.5) is 10.5 Å². The Morgan fingerprint density at radius 1 is 1.39 bits per heavy atom. The summed E-state index contributed by atoms with van der Waals surface area (Å²) >= 11 is 1.68. The summed E-state index contributed by atoms with van der Waals surface area (Å²) in [6.45, 7) is 2.89. The van der Waals surface area contributed by atoms with Gasteiger partial charge in [0.1, 0.15) is 5.69 Å². The van der Waals surface area contributed by atoms with Crippen molar-refractivity contribution in [3.8, 4) is 5.88 Å². The minimum atomic E-state index is -0.276. The highest BCUT2D eigenvalue weighted by Gasteiger charge is 2.16. The summed E-state index contributed by atoms with van der Waals surface area (Å²) in [5.74, 6) is 0.424.